The van der Waals surface area contributed by atoms with Gasteiger partial charge in [-0.05, 0) is 46.5 Å². The van der Waals surface area contributed by atoms with Crippen molar-refractivity contribution in [3.8, 4) is 0 Å². The second-order valence-electron chi connectivity index (χ2n) is 7.19. The van der Waals surface area contributed by atoms with Crippen LogP contribution in [0.4, 0.5) is 0 Å². The van der Waals surface area contributed by atoms with Gasteiger partial charge in [-0.25, -0.2) is 4.79 Å². The largest absolute Gasteiger partial charge is 0.459 e. The van der Waals surface area contributed by atoms with E-state index in [1.165, 1.54) is 30.9 Å². The van der Waals surface area contributed by atoms with Crippen LogP contribution in [0.3, 0.4) is 0 Å². The van der Waals surface area contributed by atoms with Gasteiger partial charge < -0.3 is 4.74 Å². The second-order valence-corrected chi connectivity index (χ2v) is 7.19. The zero-order valence-electron chi connectivity index (χ0n) is 18.4. The van der Waals surface area contributed by atoms with E-state index in [1.807, 2.05) is 19.9 Å². The summed E-state index contributed by atoms with van der Waals surface area (Å²) in [5.74, 6) is -0.256. The van der Waals surface area contributed by atoms with Crippen LogP contribution in [0.5, 0.6) is 0 Å². The van der Waals surface area contributed by atoms with Crippen molar-refractivity contribution in [2.45, 2.75) is 92.6 Å². The zero-order valence-corrected chi connectivity index (χ0v) is 18.4. The maximum atomic E-state index is 11.9. The summed E-state index contributed by atoms with van der Waals surface area (Å²) >= 11 is 0. The van der Waals surface area contributed by atoms with Crippen molar-refractivity contribution in [1.82, 2.24) is 0 Å². The fourth-order valence-electron chi connectivity index (χ4n) is 2.67. The molecule has 0 fully saturated rings. The number of ether oxygens (including phenoxy) is 1. The van der Waals surface area contributed by atoms with Gasteiger partial charge in [0.2, 0.25) is 0 Å². The van der Waals surface area contributed by atoms with E-state index in [9.17, 15) is 4.79 Å². The third-order valence-electron chi connectivity index (χ3n) is 4.28. The molecule has 0 aliphatic carbocycles. The normalized spacial score (nSPS) is 15.0. The molecule has 0 saturated heterocycles. The molecule has 27 heavy (non-hydrogen) atoms. The molecule has 1 atom stereocenters. The Labute approximate surface area is 167 Å². The lowest BCUT2D eigenvalue weighted by Crippen LogP contribution is -2.15. The number of carbonyl (C=O) groups is 1. The Kier molecular flexibility index (Phi) is 15.2. The van der Waals surface area contributed by atoms with Crippen molar-refractivity contribution >= 4 is 5.97 Å². The standard InChI is InChI=1S/C25H40O2/c1-7-10-11-12-15-21(4)16-13-17-22(5)20-23(6)18-19-25(26)27-24(9-3)14-8-2/h13,15-20,24H,7-12,14H2,1-6H3/b16-13+,19-18+,21-15+,22-17+,23-20+. The molecule has 0 amide bonds. The topological polar surface area (TPSA) is 26.3 Å². The van der Waals surface area contributed by atoms with Crippen molar-refractivity contribution in [1.29, 1.82) is 0 Å². The molecule has 0 heterocycles. The molecule has 0 aliphatic rings. The van der Waals surface area contributed by atoms with E-state index in [2.05, 4.69) is 58.1 Å². The number of allylic oxidation sites excluding steroid dienone is 9. The van der Waals surface area contributed by atoms with E-state index in [-0.39, 0.29) is 12.1 Å². The molecule has 0 aromatic rings. The van der Waals surface area contributed by atoms with E-state index in [0.29, 0.717) is 0 Å². The van der Waals surface area contributed by atoms with Gasteiger partial charge in [0.05, 0.1) is 0 Å². The lowest BCUT2D eigenvalue weighted by molar-refractivity contribution is -0.143. The molecule has 0 bridgehead atoms. The van der Waals surface area contributed by atoms with Crippen LogP contribution in [-0.4, -0.2) is 12.1 Å². The molecule has 0 aromatic carbocycles. The van der Waals surface area contributed by atoms with Crippen LogP contribution in [0.15, 0.2) is 59.3 Å². The van der Waals surface area contributed by atoms with Crippen LogP contribution in [-0.2, 0) is 9.53 Å². The molecule has 0 aliphatic heterocycles. The summed E-state index contributed by atoms with van der Waals surface area (Å²) < 4.78 is 5.45. The number of esters is 1. The highest BCUT2D eigenvalue weighted by Gasteiger charge is 2.08. The van der Waals surface area contributed by atoms with Gasteiger partial charge in [-0.2, -0.15) is 0 Å². The molecule has 0 spiro atoms. The van der Waals surface area contributed by atoms with Crippen LogP contribution in [0.25, 0.3) is 0 Å². The van der Waals surface area contributed by atoms with E-state index in [0.717, 1.165) is 36.8 Å². The maximum absolute atomic E-state index is 11.9. The van der Waals surface area contributed by atoms with Crippen molar-refractivity contribution in [2.75, 3.05) is 0 Å². The number of hydrogen-bond acceptors (Lipinski definition) is 2. The number of unbranched alkanes of at least 4 members (excludes halogenated alkanes) is 3. The Morgan fingerprint density at radius 2 is 1.63 bits per heavy atom. The third kappa shape index (κ3) is 15.0. The molecule has 1 unspecified atom stereocenters. The first-order valence-corrected chi connectivity index (χ1v) is 10.5. The summed E-state index contributed by atoms with van der Waals surface area (Å²) in [5, 5.41) is 0. The maximum Gasteiger partial charge on any atom is 0.331 e. The molecule has 0 aromatic heterocycles. The Balaban J connectivity index is 4.55. The smallest absolute Gasteiger partial charge is 0.331 e. The first-order valence-electron chi connectivity index (χ1n) is 10.5. The lowest BCUT2D eigenvalue weighted by atomic mass is 10.1. The molecule has 2 nitrogen and oxygen atoms in total. The van der Waals surface area contributed by atoms with Crippen molar-refractivity contribution in [3.63, 3.8) is 0 Å². The minimum absolute atomic E-state index is 0.0291. The summed E-state index contributed by atoms with van der Waals surface area (Å²) in [6.07, 6.45) is 21.9. The zero-order chi connectivity index (χ0) is 20.5. The summed E-state index contributed by atoms with van der Waals surface area (Å²) in [4.78, 5) is 11.9. The van der Waals surface area contributed by atoms with Crippen LogP contribution in [0, 0.1) is 0 Å². The van der Waals surface area contributed by atoms with E-state index in [4.69, 9.17) is 4.74 Å². The highest BCUT2D eigenvalue weighted by atomic mass is 16.5. The first kappa shape index (κ1) is 25.2. The number of carbonyl (C=O) groups excluding carboxylic acids is 1. The summed E-state index contributed by atoms with van der Waals surface area (Å²) in [6, 6.07) is 0. The van der Waals surface area contributed by atoms with Crippen LogP contribution in [0.2, 0.25) is 0 Å². The van der Waals surface area contributed by atoms with Gasteiger partial charge in [0.15, 0.2) is 0 Å². The number of rotatable bonds is 13. The highest BCUT2D eigenvalue weighted by Crippen LogP contribution is 2.09. The molecular weight excluding hydrogens is 332 g/mol. The predicted octanol–water partition coefficient (Wildman–Crippen LogP) is 7.64. The van der Waals surface area contributed by atoms with Crippen LogP contribution >= 0.6 is 0 Å². The monoisotopic (exact) mass is 372 g/mol. The fraction of sp³-hybridized carbons (Fsp3) is 0.560. The van der Waals surface area contributed by atoms with Gasteiger partial charge in [0.25, 0.3) is 0 Å². The summed E-state index contributed by atoms with van der Waals surface area (Å²) in [6.45, 7) is 12.6. The van der Waals surface area contributed by atoms with Gasteiger partial charge in [0.1, 0.15) is 6.10 Å². The van der Waals surface area contributed by atoms with E-state index < -0.39 is 0 Å². The SMILES string of the molecule is CCCCC/C=C(C)/C=C/C=C(C)/C=C(C)/C=C/C(=O)OC(CC)CCC. The van der Waals surface area contributed by atoms with Gasteiger partial charge in [-0.15, -0.1) is 0 Å². The van der Waals surface area contributed by atoms with E-state index in [1.54, 1.807) is 0 Å². The van der Waals surface area contributed by atoms with Gasteiger partial charge >= 0.3 is 5.97 Å². The molecule has 0 rings (SSSR count). The third-order valence-corrected chi connectivity index (χ3v) is 4.28. The van der Waals surface area contributed by atoms with E-state index >= 15 is 0 Å². The Hall–Kier alpha value is -1.83. The summed E-state index contributed by atoms with van der Waals surface area (Å²) in [7, 11) is 0. The average molecular weight is 373 g/mol. The average Bonchev–Trinajstić information content (AvgIpc) is 2.63. The Morgan fingerprint density at radius 1 is 0.889 bits per heavy atom. The molecule has 0 radical (unpaired) electrons. The van der Waals surface area contributed by atoms with Crippen LogP contribution in [0.1, 0.15) is 86.5 Å². The molecule has 0 N–H and O–H groups in total. The van der Waals surface area contributed by atoms with Crippen molar-refractivity contribution < 1.29 is 9.53 Å². The van der Waals surface area contributed by atoms with Gasteiger partial charge in [-0.1, -0.05) is 93.2 Å². The highest BCUT2D eigenvalue weighted by molar-refractivity contribution is 5.82. The Bertz CT molecular complexity index is 559. The first-order chi connectivity index (χ1) is 12.9. The molecule has 2 heteroatoms. The summed E-state index contributed by atoms with van der Waals surface area (Å²) in [5.41, 5.74) is 3.48. The molecule has 152 valence electrons. The Morgan fingerprint density at radius 3 is 2.26 bits per heavy atom. The second kappa shape index (κ2) is 16.4. The van der Waals surface area contributed by atoms with Crippen molar-refractivity contribution in [3.05, 3.63) is 59.3 Å². The fourth-order valence-corrected chi connectivity index (χ4v) is 2.67. The minimum atomic E-state index is -0.256. The molecule has 0 saturated carbocycles. The predicted molar refractivity (Wildman–Crippen MR) is 119 cm³/mol. The minimum Gasteiger partial charge on any atom is -0.459 e. The van der Waals surface area contributed by atoms with Gasteiger partial charge in [0, 0.05) is 6.08 Å². The quantitative estimate of drug-likeness (QED) is 0.144. The lowest BCUT2D eigenvalue weighted by Gasteiger charge is -2.13. The van der Waals surface area contributed by atoms with Gasteiger partial charge in [-0.3, -0.25) is 0 Å². The van der Waals surface area contributed by atoms with Crippen LogP contribution < -0.4 is 0 Å². The molecular formula is C25H40O2. The van der Waals surface area contributed by atoms with Crippen molar-refractivity contribution in [2.24, 2.45) is 0 Å². The number of hydrogen-bond donors (Lipinski definition) is 0.